The third-order valence-corrected chi connectivity index (χ3v) is 5.78. The minimum absolute atomic E-state index is 0.0488. The van der Waals surface area contributed by atoms with E-state index in [-0.39, 0.29) is 34.9 Å². The second kappa shape index (κ2) is 6.75. The Hall–Kier alpha value is -4.51. The van der Waals surface area contributed by atoms with Crippen LogP contribution in [0.1, 0.15) is 11.1 Å². The van der Waals surface area contributed by atoms with E-state index >= 15 is 0 Å². The minimum Gasteiger partial charge on any atom is -0.465 e. The molecule has 0 saturated carbocycles. The predicted octanol–water partition coefficient (Wildman–Crippen LogP) is 1.79. The molecule has 2 aliphatic rings. The third-order valence-electron chi connectivity index (χ3n) is 5.78. The number of terminal acetylenes is 1. The smallest absolute Gasteiger partial charge is 0.345 e. The van der Waals surface area contributed by atoms with Crippen molar-refractivity contribution in [1.29, 1.82) is 0 Å². The summed E-state index contributed by atoms with van der Waals surface area (Å²) in [7, 11) is 1.15. The Bertz CT molecular complexity index is 1460. The van der Waals surface area contributed by atoms with Crippen LogP contribution in [-0.2, 0) is 19.7 Å². The number of nitrogens with two attached hydrogens (primary N) is 1. The van der Waals surface area contributed by atoms with Crippen LogP contribution in [-0.4, -0.2) is 25.5 Å². The van der Waals surface area contributed by atoms with E-state index in [2.05, 4.69) is 5.92 Å². The first kappa shape index (κ1) is 19.5. The van der Waals surface area contributed by atoms with Crippen molar-refractivity contribution in [3.05, 3.63) is 81.5 Å². The molecule has 2 aliphatic heterocycles. The molecule has 8 nitrogen and oxygen atoms in total. The van der Waals surface area contributed by atoms with E-state index in [1.54, 1.807) is 48.5 Å². The molecule has 0 radical (unpaired) electrons. The number of anilines is 1. The number of hydrogen-bond acceptors (Lipinski definition) is 7. The zero-order valence-electron chi connectivity index (χ0n) is 16.9. The van der Waals surface area contributed by atoms with Gasteiger partial charge in [-0.1, -0.05) is 36.3 Å². The van der Waals surface area contributed by atoms with Crippen LogP contribution in [0.2, 0.25) is 0 Å². The van der Waals surface area contributed by atoms with E-state index in [9.17, 15) is 14.4 Å². The number of carbonyl (C=O) groups excluding carboxylic acids is 2. The molecule has 1 amide bonds. The first-order chi connectivity index (χ1) is 15.5. The van der Waals surface area contributed by atoms with Crippen molar-refractivity contribution < 1.29 is 23.5 Å². The molecule has 1 spiro atoms. The zero-order valence-corrected chi connectivity index (χ0v) is 16.9. The van der Waals surface area contributed by atoms with Gasteiger partial charge in [0.25, 0.3) is 0 Å². The summed E-state index contributed by atoms with van der Waals surface area (Å²) >= 11 is 0. The predicted molar refractivity (Wildman–Crippen MR) is 115 cm³/mol. The lowest BCUT2D eigenvalue weighted by atomic mass is 9.68. The van der Waals surface area contributed by atoms with Gasteiger partial charge in [-0.3, -0.25) is 9.69 Å². The molecule has 2 N–H and O–H groups in total. The highest BCUT2D eigenvalue weighted by Crippen LogP contribution is 2.55. The number of amides is 1. The Morgan fingerprint density at radius 3 is 2.66 bits per heavy atom. The molecule has 1 unspecified atom stereocenters. The number of ether oxygens (including phenoxy) is 2. The quantitative estimate of drug-likeness (QED) is 0.376. The van der Waals surface area contributed by atoms with Crippen molar-refractivity contribution >= 4 is 28.5 Å². The maximum absolute atomic E-state index is 14.1. The summed E-state index contributed by atoms with van der Waals surface area (Å²) in [5, 5.41) is 0.425. The number of benzene rings is 2. The molecule has 32 heavy (non-hydrogen) atoms. The van der Waals surface area contributed by atoms with Crippen molar-refractivity contribution in [3.63, 3.8) is 0 Å². The van der Waals surface area contributed by atoms with Gasteiger partial charge in [0, 0.05) is 11.3 Å². The van der Waals surface area contributed by atoms with Crippen LogP contribution in [0, 0.1) is 12.3 Å². The van der Waals surface area contributed by atoms with E-state index in [1.165, 1.54) is 4.90 Å². The molecule has 3 heterocycles. The summed E-state index contributed by atoms with van der Waals surface area (Å²) in [5.74, 6) is 0.627. The van der Waals surface area contributed by atoms with Gasteiger partial charge < -0.3 is 19.6 Å². The van der Waals surface area contributed by atoms with E-state index in [4.69, 9.17) is 26.0 Å². The van der Waals surface area contributed by atoms with E-state index < -0.39 is 22.9 Å². The second-order valence-electron chi connectivity index (χ2n) is 7.29. The highest BCUT2D eigenvalue weighted by Gasteiger charge is 2.62. The topological polar surface area (TPSA) is 112 Å². The average Bonchev–Trinajstić information content (AvgIpc) is 3.02. The molecule has 3 aromatic rings. The maximum atomic E-state index is 14.1. The molecule has 158 valence electrons. The molecule has 5 rings (SSSR count). The highest BCUT2D eigenvalue weighted by molar-refractivity contribution is 6.19. The van der Waals surface area contributed by atoms with Crippen molar-refractivity contribution in [3.8, 4) is 18.1 Å². The fourth-order valence-corrected chi connectivity index (χ4v) is 4.56. The van der Waals surface area contributed by atoms with Crippen molar-refractivity contribution in [2.45, 2.75) is 5.41 Å². The molecule has 1 aromatic heterocycles. The van der Waals surface area contributed by atoms with E-state index in [0.717, 1.165) is 7.11 Å². The first-order valence-corrected chi connectivity index (χ1v) is 9.64. The van der Waals surface area contributed by atoms with Crippen LogP contribution in [0.25, 0.3) is 11.0 Å². The number of hydrogen-bond donors (Lipinski definition) is 1. The summed E-state index contributed by atoms with van der Waals surface area (Å²) in [6, 6.07) is 13.4. The lowest BCUT2D eigenvalue weighted by Gasteiger charge is -2.34. The van der Waals surface area contributed by atoms with Gasteiger partial charge in [-0.05, 0) is 18.2 Å². The average molecular weight is 428 g/mol. The molecule has 0 saturated heterocycles. The van der Waals surface area contributed by atoms with Gasteiger partial charge in [-0.15, -0.1) is 6.42 Å². The Kier molecular flexibility index (Phi) is 4.10. The Balaban J connectivity index is 2.00. The monoisotopic (exact) mass is 428 g/mol. The highest BCUT2D eigenvalue weighted by atomic mass is 16.5. The molecule has 0 aliphatic carbocycles. The number of carbonyl (C=O) groups is 2. The summed E-state index contributed by atoms with van der Waals surface area (Å²) < 4.78 is 16.3. The molecular formula is C24H16N2O6. The zero-order chi connectivity index (χ0) is 22.6. The van der Waals surface area contributed by atoms with Gasteiger partial charge in [0.05, 0.1) is 19.0 Å². The standard InChI is InChI=1S/C24H16N2O6/c1-3-12-26-15-10-6-5-9-14(15)24(23(26)29)17-19(32-20(25)18(24)21(27)30-2)13-8-4-7-11-16(13)31-22(17)28/h1,4-11H,12,25H2,2H3. The van der Waals surface area contributed by atoms with Gasteiger partial charge in [-0.25, -0.2) is 9.59 Å². The SMILES string of the molecule is C#CCN1C(=O)C2(C(C(=O)OC)=C(N)Oc3c2c(=O)oc2ccccc32)c2ccccc21. The second-order valence-corrected chi connectivity index (χ2v) is 7.29. The van der Waals surface area contributed by atoms with Gasteiger partial charge in [0.1, 0.15) is 22.1 Å². The van der Waals surface area contributed by atoms with Crippen LogP contribution < -0.4 is 21.0 Å². The van der Waals surface area contributed by atoms with Crippen molar-refractivity contribution in [1.82, 2.24) is 0 Å². The summed E-state index contributed by atoms with van der Waals surface area (Å²) in [5.41, 5.74) is 4.05. The lowest BCUT2D eigenvalue weighted by molar-refractivity contribution is -0.138. The number of para-hydroxylation sites is 2. The van der Waals surface area contributed by atoms with Crippen LogP contribution in [0.3, 0.4) is 0 Å². The molecule has 1 atom stereocenters. The normalized spacial score (nSPS) is 18.9. The van der Waals surface area contributed by atoms with Crippen molar-refractivity contribution in [2.75, 3.05) is 18.6 Å². The molecule has 0 fully saturated rings. The van der Waals surface area contributed by atoms with Gasteiger partial charge in [-0.2, -0.15) is 0 Å². The number of esters is 1. The molecule has 0 bridgehead atoms. The summed E-state index contributed by atoms with van der Waals surface area (Å²) in [6.07, 6.45) is 5.52. The van der Waals surface area contributed by atoms with Gasteiger partial charge >= 0.3 is 11.6 Å². The van der Waals surface area contributed by atoms with Crippen LogP contribution in [0.4, 0.5) is 5.69 Å². The van der Waals surface area contributed by atoms with Crippen LogP contribution in [0.5, 0.6) is 5.75 Å². The van der Waals surface area contributed by atoms with E-state index in [0.29, 0.717) is 16.6 Å². The fraction of sp³-hybridized carbons (Fsp3) is 0.125. The Morgan fingerprint density at radius 2 is 1.91 bits per heavy atom. The van der Waals surface area contributed by atoms with Crippen LogP contribution in [0.15, 0.2) is 69.2 Å². The first-order valence-electron chi connectivity index (χ1n) is 9.64. The summed E-state index contributed by atoms with van der Waals surface area (Å²) in [6.45, 7) is -0.0823. The van der Waals surface area contributed by atoms with Gasteiger partial charge in [0.15, 0.2) is 5.75 Å². The minimum atomic E-state index is -1.94. The van der Waals surface area contributed by atoms with Crippen molar-refractivity contribution in [2.24, 2.45) is 5.73 Å². The molecule has 8 heteroatoms. The molecular weight excluding hydrogens is 412 g/mol. The number of methoxy groups -OCH3 is 1. The third kappa shape index (κ3) is 2.25. The fourth-order valence-electron chi connectivity index (χ4n) is 4.56. The Morgan fingerprint density at radius 1 is 1.19 bits per heavy atom. The number of rotatable bonds is 2. The largest absolute Gasteiger partial charge is 0.465 e. The molecule has 2 aromatic carbocycles. The number of fused-ring (bicyclic) bond motifs is 6. The number of nitrogens with zero attached hydrogens (tertiary/aromatic N) is 1. The van der Waals surface area contributed by atoms with Gasteiger partial charge in [0.2, 0.25) is 11.8 Å². The van der Waals surface area contributed by atoms with E-state index in [1.807, 2.05) is 0 Å². The summed E-state index contributed by atoms with van der Waals surface area (Å²) in [4.78, 5) is 41.7. The maximum Gasteiger partial charge on any atom is 0.345 e. The van der Waals surface area contributed by atoms with Crippen LogP contribution >= 0.6 is 0 Å². The lowest BCUT2D eigenvalue weighted by Crippen LogP contribution is -2.50. The Labute approximate surface area is 181 Å².